The molecule has 0 heterocycles. The molecule has 7 nitrogen and oxygen atoms in total. The lowest BCUT2D eigenvalue weighted by molar-refractivity contribution is -0.172. The third-order valence-electron chi connectivity index (χ3n) is 3.67. The second-order valence-electron chi connectivity index (χ2n) is 5.92. The molecule has 7 heteroatoms. The first-order valence-corrected chi connectivity index (χ1v) is 8.08. The van der Waals surface area contributed by atoms with Gasteiger partial charge in [0.15, 0.2) is 5.60 Å². The standard InChI is InChI=1S/C16H28O7/c1-3-5-6-8-12(7-4-2)11-23-14(19)10-16(22,15(20)21)9-13(17)18/h12,22H,3-11H2,1-2H3,(H,17,18)(H,20,21). The van der Waals surface area contributed by atoms with Crippen LogP contribution in [0, 0.1) is 5.92 Å². The molecule has 0 spiro atoms. The highest BCUT2D eigenvalue weighted by molar-refractivity contribution is 5.88. The van der Waals surface area contributed by atoms with Crippen molar-refractivity contribution in [1.82, 2.24) is 0 Å². The van der Waals surface area contributed by atoms with Crippen LogP contribution in [0.3, 0.4) is 0 Å². The summed E-state index contributed by atoms with van der Waals surface area (Å²) in [4.78, 5) is 33.4. The van der Waals surface area contributed by atoms with Gasteiger partial charge >= 0.3 is 17.9 Å². The SMILES string of the molecule is CCCCCC(CCC)COC(=O)CC(O)(CC(=O)O)C(=O)O. The number of aliphatic hydroxyl groups is 1. The van der Waals surface area contributed by atoms with Crippen LogP contribution in [0.15, 0.2) is 0 Å². The van der Waals surface area contributed by atoms with Crippen molar-refractivity contribution in [1.29, 1.82) is 0 Å². The van der Waals surface area contributed by atoms with Crippen molar-refractivity contribution < 1.29 is 34.4 Å². The van der Waals surface area contributed by atoms with E-state index in [0.717, 1.165) is 38.5 Å². The summed E-state index contributed by atoms with van der Waals surface area (Å²) in [6.45, 7) is 4.30. The van der Waals surface area contributed by atoms with E-state index in [4.69, 9.17) is 14.9 Å². The first-order valence-electron chi connectivity index (χ1n) is 8.08. The minimum absolute atomic E-state index is 0.166. The predicted octanol–water partition coefficient (Wildman–Crippen LogP) is 2.21. The van der Waals surface area contributed by atoms with Gasteiger partial charge in [-0.1, -0.05) is 39.5 Å². The number of hydrogen-bond donors (Lipinski definition) is 3. The highest BCUT2D eigenvalue weighted by atomic mass is 16.5. The Morgan fingerprint density at radius 3 is 2.13 bits per heavy atom. The van der Waals surface area contributed by atoms with Crippen molar-refractivity contribution >= 4 is 17.9 Å². The molecule has 0 aliphatic heterocycles. The third-order valence-corrected chi connectivity index (χ3v) is 3.67. The fourth-order valence-corrected chi connectivity index (χ4v) is 2.37. The molecular formula is C16H28O7. The van der Waals surface area contributed by atoms with Gasteiger partial charge in [-0.3, -0.25) is 9.59 Å². The molecule has 0 saturated carbocycles. The number of carboxylic acid groups (broad SMARTS) is 2. The van der Waals surface area contributed by atoms with Crippen molar-refractivity contribution in [2.45, 2.75) is 70.8 Å². The zero-order valence-corrected chi connectivity index (χ0v) is 13.9. The van der Waals surface area contributed by atoms with E-state index in [9.17, 15) is 19.5 Å². The molecular weight excluding hydrogens is 304 g/mol. The normalized spacial score (nSPS) is 14.7. The Kier molecular flexibility index (Phi) is 10.2. The maximum absolute atomic E-state index is 11.7. The number of hydrogen-bond acceptors (Lipinski definition) is 5. The molecule has 0 aliphatic rings. The van der Waals surface area contributed by atoms with E-state index in [2.05, 4.69) is 6.92 Å². The minimum atomic E-state index is -2.63. The Labute approximate surface area is 136 Å². The molecule has 2 atom stereocenters. The zero-order valence-electron chi connectivity index (χ0n) is 13.9. The van der Waals surface area contributed by atoms with E-state index in [1.165, 1.54) is 0 Å². The van der Waals surface area contributed by atoms with Gasteiger partial charge in [-0.05, 0) is 18.8 Å². The van der Waals surface area contributed by atoms with E-state index in [1.54, 1.807) is 0 Å². The number of aliphatic carboxylic acids is 2. The van der Waals surface area contributed by atoms with Crippen molar-refractivity contribution in [3.63, 3.8) is 0 Å². The lowest BCUT2D eigenvalue weighted by Crippen LogP contribution is -2.43. The summed E-state index contributed by atoms with van der Waals surface area (Å²) in [6.07, 6.45) is 4.09. The Morgan fingerprint density at radius 2 is 1.65 bits per heavy atom. The van der Waals surface area contributed by atoms with Gasteiger partial charge in [0, 0.05) is 0 Å². The van der Waals surface area contributed by atoms with E-state index in [1.807, 2.05) is 6.92 Å². The molecule has 0 amide bonds. The van der Waals surface area contributed by atoms with Gasteiger partial charge in [-0.2, -0.15) is 0 Å². The van der Waals surface area contributed by atoms with Gasteiger partial charge in [0.05, 0.1) is 19.4 Å². The Bertz CT molecular complexity index is 394. The Hall–Kier alpha value is -1.63. The van der Waals surface area contributed by atoms with Crippen LogP contribution in [0.5, 0.6) is 0 Å². The predicted molar refractivity (Wildman–Crippen MR) is 83.0 cm³/mol. The zero-order chi connectivity index (χ0) is 17.9. The summed E-state index contributed by atoms with van der Waals surface area (Å²) in [5, 5.41) is 27.3. The lowest BCUT2D eigenvalue weighted by Gasteiger charge is -2.21. The summed E-state index contributed by atoms with van der Waals surface area (Å²) < 4.78 is 5.06. The van der Waals surface area contributed by atoms with E-state index >= 15 is 0 Å². The lowest BCUT2D eigenvalue weighted by atomic mass is 9.95. The molecule has 0 saturated heterocycles. The summed E-state index contributed by atoms with van der Waals surface area (Å²) >= 11 is 0. The molecule has 0 rings (SSSR count). The number of carbonyl (C=O) groups is 3. The van der Waals surface area contributed by atoms with Gasteiger partial charge in [-0.15, -0.1) is 0 Å². The van der Waals surface area contributed by atoms with Crippen LogP contribution >= 0.6 is 0 Å². The average molecular weight is 332 g/mol. The summed E-state index contributed by atoms with van der Waals surface area (Å²) in [5.74, 6) is -3.93. The van der Waals surface area contributed by atoms with Crippen LogP contribution in [0.2, 0.25) is 0 Å². The van der Waals surface area contributed by atoms with Gasteiger partial charge in [0.2, 0.25) is 0 Å². The van der Waals surface area contributed by atoms with Crippen molar-refractivity contribution in [2.75, 3.05) is 6.61 Å². The number of carbonyl (C=O) groups excluding carboxylic acids is 1. The molecule has 0 bridgehead atoms. The van der Waals surface area contributed by atoms with E-state index in [-0.39, 0.29) is 12.5 Å². The molecule has 0 aliphatic carbocycles. The molecule has 0 radical (unpaired) electrons. The smallest absolute Gasteiger partial charge is 0.336 e. The van der Waals surface area contributed by atoms with Crippen LogP contribution in [0.4, 0.5) is 0 Å². The fraction of sp³-hybridized carbons (Fsp3) is 0.812. The number of unbranched alkanes of at least 4 members (excludes halogenated alkanes) is 2. The maximum Gasteiger partial charge on any atom is 0.336 e. The first kappa shape index (κ1) is 21.4. The molecule has 0 aromatic heterocycles. The number of carboxylic acids is 2. The van der Waals surface area contributed by atoms with Gasteiger partial charge in [0.1, 0.15) is 0 Å². The van der Waals surface area contributed by atoms with Gasteiger partial charge in [0.25, 0.3) is 0 Å². The summed E-state index contributed by atoms with van der Waals surface area (Å²) in [5.41, 5.74) is -2.63. The Balaban J connectivity index is 4.47. The van der Waals surface area contributed by atoms with Crippen molar-refractivity contribution in [3.8, 4) is 0 Å². The Morgan fingerprint density at radius 1 is 1.00 bits per heavy atom. The minimum Gasteiger partial charge on any atom is -0.481 e. The maximum atomic E-state index is 11.7. The average Bonchev–Trinajstić information content (AvgIpc) is 2.43. The van der Waals surface area contributed by atoms with Crippen LogP contribution in [-0.2, 0) is 19.1 Å². The summed E-state index contributed by atoms with van der Waals surface area (Å²) in [7, 11) is 0. The number of rotatable bonds is 13. The molecule has 0 aromatic carbocycles. The molecule has 134 valence electrons. The molecule has 3 N–H and O–H groups in total. The van der Waals surface area contributed by atoms with Crippen LogP contribution in [0.25, 0.3) is 0 Å². The first-order chi connectivity index (χ1) is 10.7. The second-order valence-corrected chi connectivity index (χ2v) is 5.92. The molecule has 0 aromatic rings. The quantitative estimate of drug-likeness (QED) is 0.349. The van der Waals surface area contributed by atoms with Crippen LogP contribution in [0.1, 0.15) is 65.2 Å². The molecule has 23 heavy (non-hydrogen) atoms. The largest absolute Gasteiger partial charge is 0.481 e. The van der Waals surface area contributed by atoms with E-state index in [0.29, 0.717) is 0 Å². The van der Waals surface area contributed by atoms with Crippen molar-refractivity contribution in [3.05, 3.63) is 0 Å². The van der Waals surface area contributed by atoms with E-state index < -0.39 is 36.4 Å². The second kappa shape index (κ2) is 11.0. The topological polar surface area (TPSA) is 121 Å². The van der Waals surface area contributed by atoms with Crippen LogP contribution in [-0.4, -0.2) is 45.4 Å². The molecule has 0 fully saturated rings. The summed E-state index contributed by atoms with van der Waals surface area (Å²) in [6, 6.07) is 0. The monoisotopic (exact) mass is 332 g/mol. The van der Waals surface area contributed by atoms with Gasteiger partial charge in [-0.25, -0.2) is 4.79 Å². The molecule has 2 unspecified atom stereocenters. The van der Waals surface area contributed by atoms with Crippen LogP contribution < -0.4 is 0 Å². The highest BCUT2D eigenvalue weighted by Crippen LogP contribution is 2.19. The number of esters is 1. The van der Waals surface area contributed by atoms with Gasteiger partial charge < -0.3 is 20.1 Å². The third kappa shape index (κ3) is 9.18. The fourth-order valence-electron chi connectivity index (χ4n) is 2.37. The highest BCUT2D eigenvalue weighted by Gasteiger charge is 2.41. The number of ether oxygens (including phenoxy) is 1. The van der Waals surface area contributed by atoms with Crippen molar-refractivity contribution in [2.24, 2.45) is 5.92 Å².